The van der Waals surface area contributed by atoms with E-state index in [4.69, 9.17) is 14.2 Å². The molecule has 0 aliphatic carbocycles. The number of carbonyl (C=O) groups is 2. The normalized spacial score (nSPS) is 37.4. The molecule has 1 fully saturated rings. The lowest BCUT2D eigenvalue weighted by Crippen LogP contribution is -2.57. The predicted octanol–water partition coefficient (Wildman–Crippen LogP) is 0.390. The molecule has 5 atom stereocenters. The van der Waals surface area contributed by atoms with Crippen LogP contribution in [0.5, 0.6) is 0 Å². The zero-order valence-corrected chi connectivity index (χ0v) is 11.9. The van der Waals surface area contributed by atoms with E-state index in [1.165, 1.54) is 13.8 Å². The maximum atomic E-state index is 11.0. The van der Waals surface area contributed by atoms with Gasteiger partial charge in [0.25, 0.3) is 0 Å². The molecule has 0 aromatic carbocycles. The van der Waals surface area contributed by atoms with Crippen LogP contribution >= 0.6 is 22.6 Å². The maximum absolute atomic E-state index is 11.0. The minimum absolute atomic E-state index is 0.484. The molecule has 1 aliphatic heterocycles. The van der Waals surface area contributed by atoms with Crippen molar-refractivity contribution in [1.29, 1.82) is 0 Å². The largest absolute Gasteiger partial charge is 0.457 e. The van der Waals surface area contributed by atoms with Crippen LogP contribution in [0.25, 0.3) is 0 Å². The summed E-state index contributed by atoms with van der Waals surface area (Å²) >= 11 is 1.91. The Labute approximate surface area is 113 Å². The van der Waals surface area contributed by atoms with E-state index < -0.39 is 40.5 Å². The van der Waals surface area contributed by atoms with E-state index in [0.717, 1.165) is 0 Å². The van der Waals surface area contributed by atoms with E-state index in [1.54, 1.807) is 6.92 Å². The summed E-state index contributed by atoms with van der Waals surface area (Å²) in [5.74, 6) is -0.974. The molecule has 1 N–H and O–H groups in total. The molecule has 0 amide bonds. The van der Waals surface area contributed by atoms with Gasteiger partial charge in [0.15, 0.2) is 18.5 Å². The molecule has 0 aromatic heterocycles. The van der Waals surface area contributed by atoms with Crippen LogP contribution in [0, 0.1) is 0 Å². The van der Waals surface area contributed by atoms with Crippen molar-refractivity contribution in [3.63, 3.8) is 0 Å². The number of hydrogen-bond acceptors (Lipinski definition) is 6. The SMILES string of the molecule is CC(=O)O[C@H]1[C@H](OC(C)=O)[C@@H](I)C(O)O[C@@H]1C. The van der Waals surface area contributed by atoms with Gasteiger partial charge in [-0.1, -0.05) is 22.6 Å². The first kappa shape index (κ1) is 14.7. The van der Waals surface area contributed by atoms with Crippen LogP contribution < -0.4 is 0 Å². The Morgan fingerprint density at radius 3 is 2.12 bits per heavy atom. The zero-order chi connectivity index (χ0) is 13.2. The third kappa shape index (κ3) is 3.78. The Balaban J connectivity index is 2.86. The molecule has 0 saturated carbocycles. The molecule has 1 unspecified atom stereocenters. The third-order valence-corrected chi connectivity index (χ3v) is 3.65. The number of ether oxygens (including phenoxy) is 3. The van der Waals surface area contributed by atoms with Crippen molar-refractivity contribution in [2.45, 2.75) is 49.3 Å². The molecule has 1 aliphatic rings. The molecule has 0 bridgehead atoms. The van der Waals surface area contributed by atoms with Crippen molar-refractivity contribution >= 4 is 34.5 Å². The van der Waals surface area contributed by atoms with E-state index in [2.05, 4.69) is 0 Å². The average molecular weight is 358 g/mol. The van der Waals surface area contributed by atoms with Crippen LogP contribution in [0.15, 0.2) is 0 Å². The average Bonchev–Trinajstić information content (AvgIpc) is 2.19. The summed E-state index contributed by atoms with van der Waals surface area (Å²) in [6.07, 6.45) is -3.01. The fourth-order valence-electron chi connectivity index (χ4n) is 1.66. The number of esters is 2. The van der Waals surface area contributed by atoms with Crippen molar-refractivity contribution in [2.75, 3.05) is 0 Å². The zero-order valence-electron chi connectivity index (χ0n) is 9.75. The Hall–Kier alpha value is -0.410. The van der Waals surface area contributed by atoms with Gasteiger partial charge in [0.05, 0.1) is 6.10 Å². The summed E-state index contributed by atoms with van der Waals surface area (Å²) < 4.78 is 14.9. The van der Waals surface area contributed by atoms with E-state index in [0.29, 0.717) is 0 Å². The highest BCUT2D eigenvalue weighted by Crippen LogP contribution is 2.29. The second-order valence-corrected chi connectivity index (χ2v) is 5.26. The summed E-state index contributed by atoms with van der Waals surface area (Å²) in [6.45, 7) is 4.18. The molecule has 17 heavy (non-hydrogen) atoms. The number of hydrogen-bond donors (Lipinski definition) is 1. The van der Waals surface area contributed by atoms with Gasteiger partial charge in [-0.2, -0.15) is 0 Å². The minimum atomic E-state index is -1.05. The molecule has 1 heterocycles. The first-order valence-corrected chi connectivity index (χ1v) is 6.39. The van der Waals surface area contributed by atoms with Crippen molar-refractivity contribution in [2.24, 2.45) is 0 Å². The van der Waals surface area contributed by atoms with Gasteiger partial charge in [-0.15, -0.1) is 0 Å². The summed E-state index contributed by atoms with van der Waals surface area (Å²) in [7, 11) is 0. The molecule has 0 aromatic rings. The van der Waals surface area contributed by atoms with Gasteiger partial charge in [0.2, 0.25) is 0 Å². The maximum Gasteiger partial charge on any atom is 0.303 e. The third-order valence-electron chi connectivity index (χ3n) is 2.33. The molecule has 98 valence electrons. The molecule has 1 rings (SSSR count). The molecule has 1 saturated heterocycles. The Bertz CT molecular complexity index is 307. The first-order chi connectivity index (χ1) is 7.82. The number of aliphatic hydroxyl groups is 1. The fourth-order valence-corrected chi connectivity index (χ4v) is 2.39. The van der Waals surface area contributed by atoms with Crippen LogP contribution in [-0.2, 0) is 23.8 Å². The highest BCUT2D eigenvalue weighted by molar-refractivity contribution is 14.1. The Morgan fingerprint density at radius 2 is 1.65 bits per heavy atom. The van der Waals surface area contributed by atoms with E-state index in [-0.39, 0.29) is 0 Å². The second kappa shape index (κ2) is 5.96. The number of carbonyl (C=O) groups excluding carboxylic acids is 2. The number of alkyl halides is 1. The second-order valence-electron chi connectivity index (χ2n) is 3.82. The molecule has 0 radical (unpaired) electrons. The smallest absolute Gasteiger partial charge is 0.303 e. The highest BCUT2D eigenvalue weighted by Gasteiger charge is 2.46. The quantitative estimate of drug-likeness (QED) is 0.437. The monoisotopic (exact) mass is 358 g/mol. The molecule has 6 nitrogen and oxygen atoms in total. The fraction of sp³-hybridized carbons (Fsp3) is 0.800. The van der Waals surface area contributed by atoms with Gasteiger partial charge in [-0.3, -0.25) is 9.59 Å². The van der Waals surface area contributed by atoms with Gasteiger partial charge in [0.1, 0.15) is 3.92 Å². The van der Waals surface area contributed by atoms with Crippen molar-refractivity contribution in [3.05, 3.63) is 0 Å². The van der Waals surface area contributed by atoms with E-state index in [1.807, 2.05) is 22.6 Å². The van der Waals surface area contributed by atoms with Crippen molar-refractivity contribution < 1.29 is 28.9 Å². The standard InChI is InChI=1S/C10H15IO6/c1-4-8(16-5(2)12)9(17-6(3)13)7(11)10(14)15-4/h4,7-10,14H,1-3H3/t4-,7-,8-,9-,10?/m1/s1. The number of halogens is 1. The van der Waals surface area contributed by atoms with E-state index in [9.17, 15) is 14.7 Å². The summed E-state index contributed by atoms with van der Waals surface area (Å²) in [5, 5.41) is 9.62. The van der Waals surface area contributed by atoms with Crippen LogP contribution in [0.3, 0.4) is 0 Å². The van der Waals surface area contributed by atoms with E-state index >= 15 is 0 Å². The van der Waals surface area contributed by atoms with Crippen LogP contribution in [0.4, 0.5) is 0 Å². The molecule has 0 spiro atoms. The van der Waals surface area contributed by atoms with Gasteiger partial charge in [-0.05, 0) is 6.92 Å². The molecular formula is C10H15IO6. The van der Waals surface area contributed by atoms with Gasteiger partial charge in [-0.25, -0.2) is 0 Å². The summed E-state index contributed by atoms with van der Waals surface area (Å²) in [4.78, 5) is 22.0. The lowest BCUT2D eigenvalue weighted by atomic mass is 10.0. The van der Waals surface area contributed by atoms with Gasteiger partial charge in [0, 0.05) is 13.8 Å². The Kier molecular flexibility index (Phi) is 5.14. The highest BCUT2D eigenvalue weighted by atomic mass is 127. The van der Waals surface area contributed by atoms with Crippen LogP contribution in [0.1, 0.15) is 20.8 Å². The van der Waals surface area contributed by atoms with Crippen LogP contribution in [-0.4, -0.2) is 45.6 Å². The molecular weight excluding hydrogens is 343 g/mol. The van der Waals surface area contributed by atoms with Gasteiger partial charge < -0.3 is 19.3 Å². The lowest BCUT2D eigenvalue weighted by Gasteiger charge is -2.40. The topological polar surface area (TPSA) is 82.1 Å². The molecule has 7 heteroatoms. The summed E-state index contributed by atoms with van der Waals surface area (Å²) in [5.41, 5.74) is 0. The lowest BCUT2D eigenvalue weighted by molar-refractivity contribution is -0.234. The predicted molar refractivity (Wildman–Crippen MR) is 65.5 cm³/mol. The van der Waals surface area contributed by atoms with Crippen molar-refractivity contribution in [1.82, 2.24) is 0 Å². The van der Waals surface area contributed by atoms with Crippen molar-refractivity contribution in [3.8, 4) is 0 Å². The van der Waals surface area contributed by atoms with Crippen LogP contribution in [0.2, 0.25) is 0 Å². The minimum Gasteiger partial charge on any atom is -0.457 e. The Morgan fingerprint density at radius 1 is 1.18 bits per heavy atom. The van der Waals surface area contributed by atoms with Gasteiger partial charge >= 0.3 is 11.9 Å². The number of rotatable bonds is 2. The number of aliphatic hydroxyl groups excluding tert-OH is 1. The first-order valence-electron chi connectivity index (χ1n) is 5.15. The summed E-state index contributed by atoms with van der Waals surface area (Å²) in [6, 6.07) is 0.